The summed E-state index contributed by atoms with van der Waals surface area (Å²) in [5.41, 5.74) is -0.953. The van der Waals surface area contributed by atoms with Gasteiger partial charge in [-0.1, -0.05) is 41.5 Å². The molecule has 2 N–H and O–H groups in total. The predicted molar refractivity (Wildman–Crippen MR) is 109 cm³/mol. The van der Waals surface area contributed by atoms with E-state index in [9.17, 15) is 27.6 Å². The van der Waals surface area contributed by atoms with Crippen molar-refractivity contribution in [3.8, 4) is 0 Å². The SMILES string of the molecule is CC(C)(C)C(=O)C[C@@H]1CCCNC1=O.CC(C)(C)C(=O)N1CCN[C@@H](C(F)(F)F)C1. The van der Waals surface area contributed by atoms with Crippen LogP contribution in [0.15, 0.2) is 0 Å². The average Bonchev–Trinajstić information content (AvgIpc) is 2.61. The van der Waals surface area contributed by atoms with Gasteiger partial charge in [0.05, 0.1) is 0 Å². The van der Waals surface area contributed by atoms with E-state index in [0.717, 1.165) is 19.4 Å². The summed E-state index contributed by atoms with van der Waals surface area (Å²) in [4.78, 5) is 36.2. The van der Waals surface area contributed by atoms with Crippen LogP contribution in [0.25, 0.3) is 0 Å². The number of rotatable bonds is 2. The zero-order valence-corrected chi connectivity index (χ0v) is 18.9. The first-order valence-corrected chi connectivity index (χ1v) is 10.4. The van der Waals surface area contributed by atoms with Gasteiger partial charge in [0.1, 0.15) is 11.8 Å². The Morgan fingerprint density at radius 3 is 2.10 bits per heavy atom. The largest absolute Gasteiger partial charge is 0.405 e. The molecule has 0 aliphatic carbocycles. The normalized spacial score (nSPS) is 23.2. The van der Waals surface area contributed by atoms with Gasteiger partial charge >= 0.3 is 6.18 Å². The van der Waals surface area contributed by atoms with Crippen LogP contribution in [0.5, 0.6) is 0 Å². The lowest BCUT2D eigenvalue weighted by Gasteiger charge is -2.37. The maximum absolute atomic E-state index is 12.5. The number of amides is 2. The summed E-state index contributed by atoms with van der Waals surface area (Å²) in [6.45, 7) is 11.8. The number of hydrogen-bond acceptors (Lipinski definition) is 4. The zero-order chi connectivity index (χ0) is 23.3. The molecule has 2 saturated heterocycles. The van der Waals surface area contributed by atoms with Crippen molar-refractivity contribution in [1.29, 1.82) is 0 Å². The van der Waals surface area contributed by atoms with Crippen molar-refractivity contribution in [2.75, 3.05) is 26.2 Å². The fraction of sp³-hybridized carbons (Fsp3) is 0.857. The molecule has 9 heteroatoms. The van der Waals surface area contributed by atoms with E-state index in [1.807, 2.05) is 20.8 Å². The van der Waals surface area contributed by atoms with Gasteiger partial charge < -0.3 is 15.5 Å². The Morgan fingerprint density at radius 1 is 1.03 bits per heavy atom. The fourth-order valence-corrected chi connectivity index (χ4v) is 3.19. The molecule has 0 bridgehead atoms. The van der Waals surface area contributed by atoms with Crippen molar-refractivity contribution in [2.24, 2.45) is 16.7 Å². The topological polar surface area (TPSA) is 78.5 Å². The molecule has 2 rings (SSSR count). The Balaban J connectivity index is 0.000000303. The number of carbonyl (C=O) groups excluding carboxylic acids is 3. The number of hydrogen-bond donors (Lipinski definition) is 2. The van der Waals surface area contributed by atoms with Crippen molar-refractivity contribution >= 4 is 17.6 Å². The van der Waals surface area contributed by atoms with Gasteiger partial charge in [-0.2, -0.15) is 13.2 Å². The van der Waals surface area contributed by atoms with Gasteiger partial charge in [-0.15, -0.1) is 0 Å². The van der Waals surface area contributed by atoms with Gasteiger partial charge in [0, 0.05) is 49.3 Å². The molecule has 0 unspecified atom stereocenters. The van der Waals surface area contributed by atoms with E-state index in [4.69, 9.17) is 0 Å². The van der Waals surface area contributed by atoms with Crippen LogP contribution < -0.4 is 10.6 Å². The molecule has 2 aliphatic heterocycles. The monoisotopic (exact) mass is 435 g/mol. The van der Waals surface area contributed by atoms with Gasteiger partial charge in [-0.25, -0.2) is 0 Å². The average molecular weight is 436 g/mol. The van der Waals surface area contributed by atoms with Gasteiger partial charge in [0.25, 0.3) is 0 Å². The number of halogens is 3. The molecule has 2 amide bonds. The molecule has 2 fully saturated rings. The Labute approximate surface area is 177 Å². The number of nitrogens with zero attached hydrogens (tertiary/aromatic N) is 1. The van der Waals surface area contributed by atoms with Crippen molar-refractivity contribution in [1.82, 2.24) is 15.5 Å². The van der Waals surface area contributed by atoms with E-state index in [-0.39, 0.29) is 42.0 Å². The highest BCUT2D eigenvalue weighted by Crippen LogP contribution is 2.25. The number of nitrogens with one attached hydrogen (secondary N) is 2. The molecular weight excluding hydrogens is 399 g/mol. The van der Waals surface area contributed by atoms with Crippen molar-refractivity contribution in [2.45, 2.75) is 73.0 Å². The van der Waals surface area contributed by atoms with E-state index < -0.39 is 17.6 Å². The molecule has 6 nitrogen and oxygen atoms in total. The van der Waals surface area contributed by atoms with Crippen LogP contribution in [0, 0.1) is 16.7 Å². The Morgan fingerprint density at radius 2 is 1.63 bits per heavy atom. The number of alkyl halides is 3. The molecule has 0 aromatic rings. The van der Waals surface area contributed by atoms with Crippen LogP contribution >= 0.6 is 0 Å². The summed E-state index contributed by atoms with van der Waals surface area (Å²) in [5, 5.41) is 5.17. The van der Waals surface area contributed by atoms with E-state index in [0.29, 0.717) is 13.0 Å². The van der Waals surface area contributed by atoms with Crippen LogP contribution in [-0.4, -0.2) is 60.9 Å². The molecule has 0 saturated carbocycles. The summed E-state index contributed by atoms with van der Waals surface area (Å²) in [7, 11) is 0. The minimum atomic E-state index is -4.29. The second-order valence-electron chi connectivity index (χ2n) is 10.1. The Kier molecular flexibility index (Phi) is 8.90. The molecular formula is C21H36F3N3O3. The van der Waals surface area contributed by atoms with E-state index >= 15 is 0 Å². The van der Waals surface area contributed by atoms with Crippen molar-refractivity contribution in [3.63, 3.8) is 0 Å². The second kappa shape index (κ2) is 10.1. The summed E-state index contributed by atoms with van der Waals surface area (Å²) in [6.07, 6.45) is -2.05. The summed E-state index contributed by atoms with van der Waals surface area (Å²) in [6, 6.07) is -1.60. The first kappa shape index (κ1) is 26.4. The standard InChI is InChI=1S/C11H19NO2.C10H17F3N2O/c1-11(2,3)9(13)7-8-5-4-6-12-10(8)14;1-9(2,3)8(16)15-5-4-14-7(6-15)10(11,12)13/h8H,4-7H2,1-3H3,(H,12,14);7,14H,4-6H2,1-3H3/t8-;7-/m01/s1. The van der Waals surface area contributed by atoms with Crippen LogP contribution in [0.2, 0.25) is 0 Å². The first-order valence-electron chi connectivity index (χ1n) is 10.4. The smallest absolute Gasteiger partial charge is 0.356 e. The van der Waals surface area contributed by atoms with E-state index in [1.165, 1.54) is 4.90 Å². The first-order chi connectivity index (χ1) is 13.5. The summed E-state index contributed by atoms with van der Waals surface area (Å²) >= 11 is 0. The lowest BCUT2D eigenvalue weighted by Crippen LogP contribution is -2.59. The molecule has 30 heavy (non-hydrogen) atoms. The Hall–Kier alpha value is -1.64. The highest BCUT2D eigenvalue weighted by atomic mass is 19.4. The minimum Gasteiger partial charge on any atom is -0.356 e. The van der Waals surface area contributed by atoms with Crippen molar-refractivity contribution in [3.05, 3.63) is 0 Å². The van der Waals surface area contributed by atoms with Crippen molar-refractivity contribution < 1.29 is 27.6 Å². The lowest BCUT2D eigenvalue weighted by molar-refractivity contribution is -0.170. The Bertz CT molecular complexity index is 622. The number of ketones is 1. The van der Waals surface area contributed by atoms with E-state index in [1.54, 1.807) is 20.8 Å². The predicted octanol–water partition coefficient (Wildman–Crippen LogP) is 2.91. The fourth-order valence-electron chi connectivity index (χ4n) is 3.19. The minimum absolute atomic E-state index is 0.0499. The van der Waals surface area contributed by atoms with E-state index in [2.05, 4.69) is 10.6 Å². The molecule has 0 spiro atoms. The molecule has 0 aromatic carbocycles. The third-order valence-corrected chi connectivity index (χ3v) is 5.17. The molecule has 2 atom stereocenters. The van der Waals surface area contributed by atoms with Crippen LogP contribution in [-0.2, 0) is 14.4 Å². The quantitative estimate of drug-likeness (QED) is 0.699. The highest BCUT2D eigenvalue weighted by Gasteiger charge is 2.43. The molecule has 174 valence electrons. The van der Waals surface area contributed by atoms with Gasteiger partial charge in [0.2, 0.25) is 11.8 Å². The number of piperazine rings is 1. The van der Waals surface area contributed by atoms with Gasteiger partial charge in [-0.3, -0.25) is 14.4 Å². The highest BCUT2D eigenvalue weighted by molar-refractivity contribution is 5.89. The van der Waals surface area contributed by atoms with Crippen LogP contribution in [0.1, 0.15) is 60.8 Å². The maximum atomic E-state index is 12.5. The summed E-state index contributed by atoms with van der Waals surface area (Å²) < 4.78 is 37.4. The second-order valence-corrected chi connectivity index (χ2v) is 10.1. The number of Topliss-reactive ketones (excluding diaryl/α,β-unsaturated/α-hetero) is 1. The molecule has 0 aromatic heterocycles. The lowest BCUT2D eigenvalue weighted by atomic mass is 9.83. The zero-order valence-electron chi connectivity index (χ0n) is 18.9. The van der Waals surface area contributed by atoms with Crippen LogP contribution in [0.4, 0.5) is 13.2 Å². The number of carbonyl (C=O) groups is 3. The maximum Gasteiger partial charge on any atom is 0.405 e. The summed E-state index contributed by atoms with van der Waals surface area (Å²) in [5.74, 6) is -0.0906. The molecule has 2 aliphatic rings. The third kappa shape index (κ3) is 8.24. The van der Waals surface area contributed by atoms with Gasteiger partial charge in [-0.05, 0) is 12.8 Å². The number of piperidine rings is 1. The molecule has 2 heterocycles. The third-order valence-electron chi connectivity index (χ3n) is 5.17. The van der Waals surface area contributed by atoms with Gasteiger partial charge in [0.15, 0.2) is 0 Å². The van der Waals surface area contributed by atoms with Crippen LogP contribution in [0.3, 0.4) is 0 Å². The molecule has 0 radical (unpaired) electrons.